The summed E-state index contributed by atoms with van der Waals surface area (Å²) < 4.78 is 0. The molecule has 0 unspecified atom stereocenters. The van der Waals surface area contributed by atoms with Crippen LogP contribution < -0.4 is 5.32 Å². The minimum Gasteiger partial charge on any atom is -0.348 e. The third kappa shape index (κ3) is 4.15. The molecule has 0 bridgehead atoms. The highest BCUT2D eigenvalue weighted by Crippen LogP contribution is 2.23. The summed E-state index contributed by atoms with van der Waals surface area (Å²) in [4.78, 5) is 16.2. The van der Waals surface area contributed by atoms with Crippen LogP contribution in [0.2, 0.25) is 5.15 Å². The molecular weight excluding hydrogens is 248 g/mol. The van der Waals surface area contributed by atoms with Crippen LogP contribution in [0.15, 0.2) is 24.3 Å². The number of hydrogen-bond acceptors (Lipinski definition) is 2. The highest BCUT2D eigenvalue weighted by atomic mass is 35.5. The molecule has 1 aromatic heterocycles. The Morgan fingerprint density at radius 1 is 1.44 bits per heavy atom. The molecule has 1 rings (SSSR count). The first-order valence-corrected chi connectivity index (χ1v) is 6.18. The summed E-state index contributed by atoms with van der Waals surface area (Å²) >= 11 is 5.95. The molecule has 98 valence electrons. The number of carbonyl (C=O) groups is 1. The fraction of sp³-hybridized carbons (Fsp3) is 0.429. The van der Waals surface area contributed by atoms with Crippen LogP contribution in [0.4, 0.5) is 0 Å². The van der Waals surface area contributed by atoms with E-state index < -0.39 is 0 Å². The minimum absolute atomic E-state index is 0.145. The maximum atomic E-state index is 11.9. The molecule has 18 heavy (non-hydrogen) atoms. The highest BCUT2D eigenvalue weighted by molar-refractivity contribution is 6.29. The molecule has 1 amide bonds. The van der Waals surface area contributed by atoms with E-state index in [2.05, 4.69) is 16.9 Å². The number of nitrogens with one attached hydrogen (secondary N) is 1. The average molecular weight is 267 g/mol. The summed E-state index contributed by atoms with van der Waals surface area (Å²) in [5.41, 5.74) is 2.09. The van der Waals surface area contributed by atoms with Crippen LogP contribution in [0.25, 0.3) is 0 Å². The van der Waals surface area contributed by atoms with Crippen molar-refractivity contribution >= 4 is 17.5 Å². The Labute approximate surface area is 113 Å². The number of aromatic nitrogens is 1. The van der Waals surface area contributed by atoms with Crippen LogP contribution in [0, 0.1) is 0 Å². The monoisotopic (exact) mass is 266 g/mol. The molecule has 4 heteroatoms. The predicted molar refractivity (Wildman–Crippen MR) is 75.1 cm³/mol. The topological polar surface area (TPSA) is 42.0 Å². The number of halogens is 1. The average Bonchev–Trinajstić information content (AvgIpc) is 2.23. The van der Waals surface area contributed by atoms with E-state index in [1.54, 1.807) is 12.1 Å². The highest BCUT2D eigenvalue weighted by Gasteiger charge is 2.18. The molecule has 1 N–H and O–H groups in total. The van der Waals surface area contributed by atoms with Gasteiger partial charge in [-0.25, -0.2) is 4.98 Å². The smallest absolute Gasteiger partial charge is 0.251 e. The van der Waals surface area contributed by atoms with Gasteiger partial charge in [0.2, 0.25) is 0 Å². The zero-order chi connectivity index (χ0) is 13.9. The van der Waals surface area contributed by atoms with Crippen molar-refractivity contribution in [3.05, 3.63) is 40.7 Å². The molecule has 0 aromatic carbocycles. The maximum Gasteiger partial charge on any atom is 0.251 e. The van der Waals surface area contributed by atoms with Gasteiger partial charge >= 0.3 is 0 Å². The van der Waals surface area contributed by atoms with E-state index in [-0.39, 0.29) is 11.3 Å². The lowest BCUT2D eigenvalue weighted by Crippen LogP contribution is -2.25. The summed E-state index contributed by atoms with van der Waals surface area (Å²) in [6.45, 7) is 12.2. The number of hydrogen-bond donors (Lipinski definition) is 1. The summed E-state index contributed by atoms with van der Waals surface area (Å²) in [5.74, 6) is -0.159. The first-order chi connectivity index (χ1) is 8.20. The molecule has 0 fully saturated rings. The fourth-order valence-electron chi connectivity index (χ4n) is 1.35. The van der Waals surface area contributed by atoms with E-state index in [4.69, 9.17) is 11.6 Å². The Kier molecular flexibility index (Phi) is 4.52. The van der Waals surface area contributed by atoms with Crippen LogP contribution >= 0.6 is 11.6 Å². The summed E-state index contributed by atoms with van der Waals surface area (Å²) in [6.07, 6.45) is 0. The third-order valence-corrected chi connectivity index (χ3v) is 2.57. The van der Waals surface area contributed by atoms with Gasteiger partial charge in [-0.1, -0.05) is 44.5 Å². The zero-order valence-corrected chi connectivity index (χ0v) is 12.1. The second-order valence-electron chi connectivity index (χ2n) is 5.45. The van der Waals surface area contributed by atoms with E-state index in [0.29, 0.717) is 17.3 Å². The molecule has 0 aliphatic heterocycles. The van der Waals surface area contributed by atoms with Crippen LogP contribution in [-0.2, 0) is 5.41 Å². The Morgan fingerprint density at radius 3 is 2.56 bits per heavy atom. The molecule has 1 heterocycles. The van der Waals surface area contributed by atoms with E-state index in [0.717, 1.165) is 11.3 Å². The largest absolute Gasteiger partial charge is 0.348 e. The van der Waals surface area contributed by atoms with Crippen molar-refractivity contribution in [2.45, 2.75) is 33.1 Å². The quantitative estimate of drug-likeness (QED) is 0.673. The van der Waals surface area contributed by atoms with Gasteiger partial charge in [0.25, 0.3) is 5.91 Å². The van der Waals surface area contributed by atoms with Gasteiger partial charge < -0.3 is 5.32 Å². The van der Waals surface area contributed by atoms with Gasteiger partial charge in [0.15, 0.2) is 0 Å². The van der Waals surface area contributed by atoms with Crippen molar-refractivity contribution < 1.29 is 4.79 Å². The van der Waals surface area contributed by atoms with E-state index >= 15 is 0 Å². The first kappa shape index (κ1) is 14.7. The molecule has 0 saturated carbocycles. The van der Waals surface area contributed by atoms with Gasteiger partial charge in [-0.3, -0.25) is 4.79 Å². The SMILES string of the molecule is C=C(C)CNC(=O)c1cc(Cl)nc(C(C)(C)C)c1. The fourth-order valence-corrected chi connectivity index (χ4v) is 1.55. The first-order valence-electron chi connectivity index (χ1n) is 5.81. The lowest BCUT2D eigenvalue weighted by atomic mass is 9.91. The molecule has 1 aromatic rings. The summed E-state index contributed by atoms with van der Waals surface area (Å²) in [6, 6.07) is 3.35. The summed E-state index contributed by atoms with van der Waals surface area (Å²) in [5, 5.41) is 3.12. The second kappa shape index (κ2) is 5.53. The zero-order valence-electron chi connectivity index (χ0n) is 11.3. The number of pyridine rings is 1. The normalized spacial score (nSPS) is 11.2. The van der Waals surface area contributed by atoms with Crippen molar-refractivity contribution in [1.29, 1.82) is 0 Å². The van der Waals surface area contributed by atoms with E-state index in [1.165, 1.54) is 0 Å². The lowest BCUT2D eigenvalue weighted by Gasteiger charge is -2.18. The second-order valence-corrected chi connectivity index (χ2v) is 5.84. The number of amides is 1. The Hall–Kier alpha value is -1.35. The van der Waals surface area contributed by atoms with Gasteiger partial charge in [-0.2, -0.15) is 0 Å². The maximum absolute atomic E-state index is 11.9. The Balaban J connectivity index is 2.99. The summed E-state index contributed by atoms with van der Waals surface area (Å²) in [7, 11) is 0. The van der Waals surface area contributed by atoms with Crippen molar-refractivity contribution in [3.63, 3.8) is 0 Å². The van der Waals surface area contributed by atoms with Gasteiger partial charge in [-0.15, -0.1) is 0 Å². The van der Waals surface area contributed by atoms with Gasteiger partial charge in [-0.05, 0) is 19.1 Å². The van der Waals surface area contributed by atoms with Crippen molar-refractivity contribution in [3.8, 4) is 0 Å². The van der Waals surface area contributed by atoms with Crippen molar-refractivity contribution in [1.82, 2.24) is 10.3 Å². The van der Waals surface area contributed by atoms with Gasteiger partial charge in [0.1, 0.15) is 5.15 Å². The van der Waals surface area contributed by atoms with Crippen LogP contribution in [0.1, 0.15) is 43.7 Å². The standard InChI is InChI=1S/C14H19ClN2O/c1-9(2)8-16-13(18)10-6-11(14(3,4)5)17-12(15)7-10/h6-7H,1,8H2,2-5H3,(H,16,18). The Bertz CT molecular complexity index is 475. The molecule has 0 aliphatic carbocycles. The van der Waals surface area contributed by atoms with E-state index in [9.17, 15) is 4.79 Å². The number of nitrogens with zero attached hydrogens (tertiary/aromatic N) is 1. The van der Waals surface area contributed by atoms with Crippen LogP contribution in [0.5, 0.6) is 0 Å². The van der Waals surface area contributed by atoms with Crippen molar-refractivity contribution in [2.24, 2.45) is 0 Å². The number of carbonyl (C=O) groups excluding carboxylic acids is 1. The predicted octanol–water partition coefficient (Wildman–Crippen LogP) is 3.34. The van der Waals surface area contributed by atoms with E-state index in [1.807, 2.05) is 27.7 Å². The van der Waals surface area contributed by atoms with Gasteiger partial charge in [0.05, 0.1) is 0 Å². The van der Waals surface area contributed by atoms with Crippen molar-refractivity contribution in [2.75, 3.05) is 6.54 Å². The minimum atomic E-state index is -0.159. The van der Waals surface area contributed by atoms with Crippen LogP contribution in [0.3, 0.4) is 0 Å². The molecule has 0 atom stereocenters. The molecule has 0 radical (unpaired) electrons. The lowest BCUT2D eigenvalue weighted by molar-refractivity contribution is 0.0956. The molecule has 3 nitrogen and oxygen atoms in total. The van der Waals surface area contributed by atoms with Gasteiger partial charge in [0, 0.05) is 23.2 Å². The third-order valence-electron chi connectivity index (χ3n) is 2.38. The molecule has 0 saturated heterocycles. The molecule has 0 aliphatic rings. The molecular formula is C14H19ClN2O. The Morgan fingerprint density at radius 2 is 2.06 bits per heavy atom. The molecule has 0 spiro atoms. The number of rotatable bonds is 3. The van der Waals surface area contributed by atoms with Crippen LogP contribution in [-0.4, -0.2) is 17.4 Å².